The fourth-order valence-corrected chi connectivity index (χ4v) is 7.34. The zero-order valence-electron chi connectivity index (χ0n) is 25.3. The number of hydrogen-bond acceptors (Lipinski definition) is 3. The maximum Gasteiger partial charge on any atom is 0.161 e. The molecule has 47 heavy (non-hydrogen) atoms. The topological polar surface area (TPSA) is 38.9 Å². The summed E-state index contributed by atoms with van der Waals surface area (Å²) in [5.74, 6) is 0.680. The van der Waals surface area contributed by atoms with Gasteiger partial charge in [-0.1, -0.05) is 133 Å². The zero-order chi connectivity index (χ0) is 30.9. The van der Waals surface area contributed by atoms with E-state index in [1.807, 2.05) is 18.2 Å². The van der Waals surface area contributed by atoms with E-state index in [0.29, 0.717) is 5.82 Å². The Kier molecular flexibility index (Phi) is 5.57. The van der Waals surface area contributed by atoms with Crippen molar-refractivity contribution in [2.24, 2.45) is 0 Å². The summed E-state index contributed by atoms with van der Waals surface area (Å²) in [6, 6.07) is 55.3. The summed E-state index contributed by atoms with van der Waals surface area (Å²) in [4.78, 5) is 10.7. The first kappa shape index (κ1) is 26.0. The highest BCUT2D eigenvalue weighted by Gasteiger charge is 2.22. The number of nitrogens with zero attached hydrogens (tertiary/aromatic N) is 2. The van der Waals surface area contributed by atoms with Crippen LogP contribution < -0.4 is 0 Å². The van der Waals surface area contributed by atoms with Crippen molar-refractivity contribution in [3.8, 4) is 33.8 Å². The molecule has 2 heterocycles. The van der Waals surface area contributed by atoms with E-state index in [-0.39, 0.29) is 0 Å². The van der Waals surface area contributed by atoms with E-state index in [1.54, 1.807) is 0 Å². The van der Waals surface area contributed by atoms with Gasteiger partial charge in [-0.2, -0.15) is 0 Å². The Morgan fingerprint density at radius 2 is 0.979 bits per heavy atom. The number of furan rings is 1. The highest BCUT2D eigenvalue weighted by molar-refractivity contribution is 6.34. The van der Waals surface area contributed by atoms with Gasteiger partial charge in [-0.3, -0.25) is 0 Å². The van der Waals surface area contributed by atoms with Crippen molar-refractivity contribution in [2.45, 2.75) is 0 Å². The number of hydrogen-bond donors (Lipinski definition) is 0. The normalized spacial score (nSPS) is 11.8. The number of fused-ring (bicyclic) bond motifs is 11. The molecule has 10 rings (SSSR count). The molecule has 0 aliphatic carbocycles. The third-order valence-electron chi connectivity index (χ3n) is 9.44. The summed E-state index contributed by atoms with van der Waals surface area (Å²) in [6.45, 7) is 0. The van der Waals surface area contributed by atoms with Gasteiger partial charge in [-0.05, 0) is 62.3 Å². The first-order valence-electron chi connectivity index (χ1n) is 15.9. The van der Waals surface area contributed by atoms with Crippen LogP contribution in [-0.4, -0.2) is 9.97 Å². The van der Waals surface area contributed by atoms with Crippen molar-refractivity contribution in [2.75, 3.05) is 0 Å². The lowest BCUT2D eigenvalue weighted by Crippen LogP contribution is -1.96. The summed E-state index contributed by atoms with van der Waals surface area (Å²) in [5.41, 5.74) is 7.87. The van der Waals surface area contributed by atoms with Crippen LogP contribution >= 0.6 is 0 Å². The first-order chi connectivity index (χ1) is 23.3. The molecular weight excluding hydrogens is 572 g/mol. The molecule has 0 unspecified atom stereocenters. The Bertz CT molecular complexity index is 2850. The molecule has 0 saturated heterocycles. The molecule has 0 fully saturated rings. The predicted octanol–water partition coefficient (Wildman–Crippen LogP) is 12.0. The van der Waals surface area contributed by atoms with E-state index in [0.717, 1.165) is 66.0 Å². The van der Waals surface area contributed by atoms with Gasteiger partial charge in [0.05, 0.1) is 11.2 Å². The molecule has 218 valence electrons. The average Bonchev–Trinajstić information content (AvgIpc) is 3.54. The molecule has 10 aromatic rings. The average molecular weight is 599 g/mol. The molecule has 8 aromatic carbocycles. The summed E-state index contributed by atoms with van der Waals surface area (Å²) < 4.78 is 6.80. The van der Waals surface area contributed by atoms with Crippen LogP contribution in [0, 0.1) is 0 Å². The van der Waals surface area contributed by atoms with E-state index in [2.05, 4.69) is 140 Å². The van der Waals surface area contributed by atoms with Crippen LogP contribution in [0.15, 0.2) is 162 Å². The van der Waals surface area contributed by atoms with E-state index in [1.165, 1.54) is 27.1 Å². The van der Waals surface area contributed by atoms with Gasteiger partial charge < -0.3 is 4.42 Å². The lowest BCUT2D eigenvalue weighted by molar-refractivity contribution is 0.673. The van der Waals surface area contributed by atoms with Crippen LogP contribution in [0.1, 0.15) is 0 Å². The molecule has 3 nitrogen and oxygen atoms in total. The summed E-state index contributed by atoms with van der Waals surface area (Å²) in [6.07, 6.45) is 0. The standard InChI is InChI=1S/C44H26N2O/c1-2-13-27(14-3-1)28-15-12-16-29(25-28)42-34-21-8-10-23-38(34)45-44(46-42)37-26-36-32-19-5-4-17-30(32)31-18-6-7-20-33(31)40(36)43-41(37)35-22-9-11-24-39(35)47-43/h1-26H. The molecule has 0 aliphatic heterocycles. The molecule has 0 saturated carbocycles. The monoisotopic (exact) mass is 598 g/mol. The van der Waals surface area contributed by atoms with Gasteiger partial charge in [0.25, 0.3) is 0 Å². The molecular formula is C44H26N2O. The Balaban J connectivity index is 1.34. The molecule has 2 aromatic heterocycles. The van der Waals surface area contributed by atoms with E-state index >= 15 is 0 Å². The third kappa shape index (κ3) is 3.93. The molecule has 0 amide bonds. The largest absolute Gasteiger partial charge is 0.455 e. The molecule has 0 spiro atoms. The van der Waals surface area contributed by atoms with E-state index < -0.39 is 0 Å². The van der Waals surface area contributed by atoms with Gasteiger partial charge in [0.2, 0.25) is 0 Å². The smallest absolute Gasteiger partial charge is 0.161 e. The van der Waals surface area contributed by atoms with Crippen molar-refractivity contribution in [1.82, 2.24) is 9.97 Å². The minimum Gasteiger partial charge on any atom is -0.455 e. The number of rotatable bonds is 3. The van der Waals surface area contributed by atoms with Crippen molar-refractivity contribution in [3.05, 3.63) is 158 Å². The Labute approximate surface area is 270 Å². The second-order valence-corrected chi connectivity index (χ2v) is 12.1. The molecule has 0 aliphatic rings. The summed E-state index contributed by atoms with van der Waals surface area (Å²) in [7, 11) is 0. The van der Waals surface area contributed by atoms with Crippen LogP contribution in [0.2, 0.25) is 0 Å². The molecule has 3 heteroatoms. The predicted molar refractivity (Wildman–Crippen MR) is 196 cm³/mol. The molecule has 0 bridgehead atoms. The lowest BCUT2D eigenvalue weighted by Gasteiger charge is -2.14. The van der Waals surface area contributed by atoms with Crippen LogP contribution in [-0.2, 0) is 0 Å². The first-order valence-corrected chi connectivity index (χ1v) is 15.9. The van der Waals surface area contributed by atoms with Crippen molar-refractivity contribution in [3.63, 3.8) is 0 Å². The minimum absolute atomic E-state index is 0.680. The van der Waals surface area contributed by atoms with Gasteiger partial charge in [-0.25, -0.2) is 9.97 Å². The lowest BCUT2D eigenvalue weighted by atomic mass is 9.91. The van der Waals surface area contributed by atoms with Gasteiger partial charge in [-0.15, -0.1) is 0 Å². The zero-order valence-corrected chi connectivity index (χ0v) is 25.3. The minimum atomic E-state index is 0.680. The molecule has 0 N–H and O–H groups in total. The Morgan fingerprint density at radius 1 is 0.383 bits per heavy atom. The van der Waals surface area contributed by atoms with Gasteiger partial charge in [0.1, 0.15) is 11.2 Å². The third-order valence-corrected chi connectivity index (χ3v) is 9.44. The van der Waals surface area contributed by atoms with Crippen molar-refractivity contribution >= 4 is 65.2 Å². The van der Waals surface area contributed by atoms with Crippen LogP contribution in [0.25, 0.3) is 98.9 Å². The fourth-order valence-electron chi connectivity index (χ4n) is 7.34. The Hall–Kier alpha value is -6.32. The molecule has 0 atom stereocenters. The molecule has 0 radical (unpaired) electrons. The summed E-state index contributed by atoms with van der Waals surface area (Å²) >= 11 is 0. The highest BCUT2D eigenvalue weighted by Crippen LogP contribution is 2.46. The van der Waals surface area contributed by atoms with Crippen molar-refractivity contribution in [1.29, 1.82) is 0 Å². The number of benzene rings is 8. The van der Waals surface area contributed by atoms with Crippen molar-refractivity contribution < 1.29 is 4.42 Å². The van der Waals surface area contributed by atoms with E-state index in [4.69, 9.17) is 14.4 Å². The summed E-state index contributed by atoms with van der Waals surface area (Å²) in [5, 5.41) is 10.1. The fraction of sp³-hybridized carbons (Fsp3) is 0. The number of para-hydroxylation sites is 2. The maximum absolute atomic E-state index is 6.80. The maximum atomic E-state index is 6.80. The quantitative estimate of drug-likeness (QED) is 0.190. The van der Waals surface area contributed by atoms with Gasteiger partial charge >= 0.3 is 0 Å². The Morgan fingerprint density at radius 3 is 1.79 bits per heavy atom. The number of aromatic nitrogens is 2. The SMILES string of the molecule is c1ccc(-c2cccc(-c3nc(-c4cc5c6ccccc6c6ccccc6c5c5oc6ccccc6c45)nc4ccccc34)c2)cc1. The van der Waals surface area contributed by atoms with Crippen LogP contribution in [0.3, 0.4) is 0 Å². The second-order valence-electron chi connectivity index (χ2n) is 12.1. The van der Waals surface area contributed by atoms with Crippen LogP contribution in [0.4, 0.5) is 0 Å². The van der Waals surface area contributed by atoms with Crippen LogP contribution in [0.5, 0.6) is 0 Å². The highest BCUT2D eigenvalue weighted by atomic mass is 16.3. The van der Waals surface area contributed by atoms with Gasteiger partial charge in [0, 0.05) is 32.7 Å². The second kappa shape index (κ2) is 10.1. The van der Waals surface area contributed by atoms with E-state index in [9.17, 15) is 0 Å². The van der Waals surface area contributed by atoms with Gasteiger partial charge in [0.15, 0.2) is 5.82 Å².